The molecule has 0 aliphatic rings. The maximum Gasteiger partial charge on any atom is 0.253 e. The van der Waals surface area contributed by atoms with Gasteiger partial charge in [0.2, 0.25) is 0 Å². The van der Waals surface area contributed by atoms with Crippen molar-refractivity contribution in [2.45, 2.75) is 19.9 Å². The molecular formula is C22H31IN4O2. The van der Waals surface area contributed by atoms with Gasteiger partial charge in [0.15, 0.2) is 5.96 Å². The molecule has 2 aromatic carbocycles. The van der Waals surface area contributed by atoms with Crippen LogP contribution in [0.3, 0.4) is 0 Å². The molecule has 0 radical (unpaired) electrons. The maximum absolute atomic E-state index is 11.9. The minimum Gasteiger partial charge on any atom is -0.496 e. The first-order valence-electron chi connectivity index (χ1n) is 9.33. The molecule has 0 fully saturated rings. The minimum absolute atomic E-state index is 0. The highest BCUT2D eigenvalue weighted by atomic mass is 127. The van der Waals surface area contributed by atoms with Gasteiger partial charge in [-0.05, 0) is 42.7 Å². The van der Waals surface area contributed by atoms with Gasteiger partial charge in [-0.25, -0.2) is 0 Å². The Labute approximate surface area is 190 Å². The Morgan fingerprint density at radius 2 is 1.79 bits per heavy atom. The second-order valence-corrected chi connectivity index (χ2v) is 6.81. The lowest BCUT2D eigenvalue weighted by atomic mass is 10.1. The van der Waals surface area contributed by atoms with Gasteiger partial charge < -0.3 is 20.3 Å². The van der Waals surface area contributed by atoms with Crippen molar-refractivity contribution in [1.82, 2.24) is 15.5 Å². The van der Waals surface area contributed by atoms with E-state index in [1.54, 1.807) is 33.2 Å². The van der Waals surface area contributed by atoms with Crippen molar-refractivity contribution in [3.63, 3.8) is 0 Å². The maximum atomic E-state index is 11.9. The normalized spacial score (nSPS) is 10.7. The van der Waals surface area contributed by atoms with E-state index in [4.69, 9.17) is 4.74 Å². The van der Waals surface area contributed by atoms with Crippen LogP contribution in [0.25, 0.3) is 0 Å². The zero-order valence-corrected chi connectivity index (χ0v) is 20.1. The number of aryl methyl sites for hydroxylation is 1. The van der Waals surface area contributed by atoms with E-state index < -0.39 is 0 Å². The molecule has 0 aromatic heterocycles. The third kappa shape index (κ3) is 7.56. The van der Waals surface area contributed by atoms with Gasteiger partial charge in [-0.15, -0.1) is 24.0 Å². The van der Waals surface area contributed by atoms with Gasteiger partial charge >= 0.3 is 0 Å². The van der Waals surface area contributed by atoms with E-state index in [-0.39, 0.29) is 29.9 Å². The second-order valence-electron chi connectivity index (χ2n) is 6.81. The molecule has 1 amide bonds. The van der Waals surface area contributed by atoms with Crippen LogP contribution in [-0.2, 0) is 13.0 Å². The molecule has 0 aliphatic carbocycles. The first-order valence-corrected chi connectivity index (χ1v) is 9.33. The van der Waals surface area contributed by atoms with Gasteiger partial charge in [0.1, 0.15) is 5.75 Å². The van der Waals surface area contributed by atoms with E-state index in [0.717, 1.165) is 30.2 Å². The van der Waals surface area contributed by atoms with Crippen LogP contribution < -0.4 is 15.4 Å². The predicted octanol–water partition coefficient (Wildman–Crippen LogP) is 3.23. The molecule has 29 heavy (non-hydrogen) atoms. The number of guanidine groups is 1. The lowest BCUT2D eigenvalue weighted by molar-refractivity contribution is 0.0827. The lowest BCUT2D eigenvalue weighted by Gasteiger charge is -2.14. The number of aliphatic imine (C=N–C) groups is 1. The Bertz CT molecular complexity index is 820. The molecule has 0 heterocycles. The molecule has 0 unspecified atom stereocenters. The van der Waals surface area contributed by atoms with Gasteiger partial charge in [0.25, 0.3) is 5.91 Å². The zero-order valence-electron chi connectivity index (χ0n) is 17.8. The van der Waals surface area contributed by atoms with Crippen molar-refractivity contribution < 1.29 is 9.53 Å². The number of nitrogens with one attached hydrogen (secondary N) is 2. The third-order valence-electron chi connectivity index (χ3n) is 4.41. The van der Waals surface area contributed by atoms with Crippen LogP contribution in [0.1, 0.15) is 27.0 Å². The average Bonchev–Trinajstić information content (AvgIpc) is 2.70. The van der Waals surface area contributed by atoms with E-state index in [1.165, 1.54) is 11.1 Å². The smallest absolute Gasteiger partial charge is 0.253 e. The molecule has 0 spiro atoms. The number of hydrogen-bond acceptors (Lipinski definition) is 3. The molecule has 2 rings (SSSR count). The molecule has 0 bridgehead atoms. The zero-order chi connectivity index (χ0) is 20.5. The number of methoxy groups -OCH3 is 1. The van der Waals surface area contributed by atoms with Crippen LogP contribution in [-0.4, -0.2) is 51.6 Å². The highest BCUT2D eigenvalue weighted by Gasteiger charge is 2.08. The molecule has 0 saturated heterocycles. The summed E-state index contributed by atoms with van der Waals surface area (Å²) in [4.78, 5) is 17.8. The summed E-state index contributed by atoms with van der Waals surface area (Å²) in [5, 5.41) is 6.62. The third-order valence-corrected chi connectivity index (χ3v) is 4.41. The Morgan fingerprint density at radius 1 is 1.10 bits per heavy atom. The summed E-state index contributed by atoms with van der Waals surface area (Å²) in [7, 11) is 6.94. The first-order chi connectivity index (χ1) is 13.4. The van der Waals surface area contributed by atoms with Crippen molar-refractivity contribution >= 4 is 35.8 Å². The van der Waals surface area contributed by atoms with Gasteiger partial charge in [0, 0.05) is 39.8 Å². The Hall–Kier alpha value is -2.29. The van der Waals surface area contributed by atoms with Crippen molar-refractivity contribution in [2.24, 2.45) is 4.99 Å². The summed E-state index contributed by atoms with van der Waals surface area (Å²) in [5.74, 6) is 1.64. The van der Waals surface area contributed by atoms with Crippen LogP contribution in [0.2, 0.25) is 0 Å². The Morgan fingerprint density at radius 3 is 2.38 bits per heavy atom. The summed E-state index contributed by atoms with van der Waals surface area (Å²) in [5.41, 5.74) is 4.16. The molecule has 0 atom stereocenters. The number of rotatable bonds is 7. The SMILES string of the molecule is CN=C(NCCc1cc(C)ccc1OC)NCc1ccc(C(=O)N(C)C)cc1.I. The topological polar surface area (TPSA) is 66.0 Å². The molecule has 0 saturated carbocycles. The number of carbonyl (C=O) groups excluding carboxylic acids is 1. The largest absolute Gasteiger partial charge is 0.496 e. The monoisotopic (exact) mass is 510 g/mol. The number of ether oxygens (including phenoxy) is 1. The molecular weight excluding hydrogens is 479 g/mol. The quantitative estimate of drug-likeness (QED) is 0.341. The highest BCUT2D eigenvalue weighted by Crippen LogP contribution is 2.19. The molecule has 158 valence electrons. The number of carbonyl (C=O) groups is 1. The van der Waals surface area contributed by atoms with Crippen LogP contribution in [0.15, 0.2) is 47.5 Å². The standard InChI is InChI=1S/C22H30N4O2.HI/c1-16-6-11-20(28-5)19(14-16)12-13-24-22(23-2)25-15-17-7-9-18(10-8-17)21(27)26(3)4;/h6-11,14H,12-13,15H2,1-5H3,(H2,23,24,25);1H. The second kappa shape index (κ2) is 12.3. The summed E-state index contributed by atoms with van der Waals surface area (Å²) >= 11 is 0. The van der Waals surface area contributed by atoms with Crippen molar-refractivity contribution in [3.05, 3.63) is 64.7 Å². The fourth-order valence-electron chi connectivity index (χ4n) is 2.85. The van der Waals surface area contributed by atoms with Crippen LogP contribution >= 0.6 is 24.0 Å². The molecule has 6 nitrogen and oxygen atoms in total. The number of benzene rings is 2. The fraction of sp³-hybridized carbons (Fsp3) is 0.364. The van der Waals surface area contributed by atoms with Crippen molar-refractivity contribution in [1.29, 1.82) is 0 Å². The highest BCUT2D eigenvalue weighted by molar-refractivity contribution is 14.0. The summed E-state index contributed by atoms with van der Waals surface area (Å²) in [6.07, 6.45) is 0.840. The molecule has 2 N–H and O–H groups in total. The minimum atomic E-state index is 0. The van der Waals surface area contributed by atoms with E-state index in [1.807, 2.05) is 36.4 Å². The number of hydrogen-bond donors (Lipinski definition) is 2. The molecule has 2 aromatic rings. The van der Waals surface area contributed by atoms with E-state index in [2.05, 4.69) is 28.6 Å². The van der Waals surface area contributed by atoms with Crippen molar-refractivity contribution in [3.8, 4) is 5.75 Å². The lowest BCUT2D eigenvalue weighted by Crippen LogP contribution is -2.37. The van der Waals surface area contributed by atoms with Gasteiger partial charge in [0.05, 0.1) is 7.11 Å². The van der Waals surface area contributed by atoms with Crippen LogP contribution in [0.4, 0.5) is 0 Å². The number of nitrogens with zero attached hydrogens (tertiary/aromatic N) is 2. The number of halogens is 1. The van der Waals surface area contributed by atoms with Crippen LogP contribution in [0.5, 0.6) is 5.75 Å². The van der Waals surface area contributed by atoms with Gasteiger partial charge in [-0.1, -0.05) is 29.8 Å². The van der Waals surface area contributed by atoms with Gasteiger partial charge in [-0.3, -0.25) is 9.79 Å². The Kier molecular flexibility index (Phi) is 10.5. The average molecular weight is 510 g/mol. The first kappa shape index (κ1) is 24.7. The number of amides is 1. The molecule has 7 heteroatoms. The Balaban J connectivity index is 0.00000420. The summed E-state index contributed by atoms with van der Waals surface area (Å²) < 4.78 is 5.43. The van der Waals surface area contributed by atoms with E-state index in [9.17, 15) is 4.79 Å². The van der Waals surface area contributed by atoms with Crippen molar-refractivity contribution in [2.75, 3.05) is 34.8 Å². The summed E-state index contributed by atoms with van der Waals surface area (Å²) in [6, 6.07) is 13.8. The predicted molar refractivity (Wildman–Crippen MR) is 130 cm³/mol. The fourth-order valence-corrected chi connectivity index (χ4v) is 2.85. The van der Waals surface area contributed by atoms with E-state index in [0.29, 0.717) is 12.1 Å². The molecule has 0 aliphatic heterocycles. The van der Waals surface area contributed by atoms with Gasteiger partial charge in [-0.2, -0.15) is 0 Å². The van der Waals surface area contributed by atoms with E-state index >= 15 is 0 Å². The van der Waals surface area contributed by atoms with Crippen LogP contribution in [0, 0.1) is 6.92 Å². The summed E-state index contributed by atoms with van der Waals surface area (Å²) in [6.45, 7) is 3.45.